The first-order valence-corrected chi connectivity index (χ1v) is 7.42. The summed E-state index contributed by atoms with van der Waals surface area (Å²) in [5, 5.41) is 3.42. The van der Waals surface area contributed by atoms with E-state index in [1.807, 2.05) is 19.1 Å². The number of hydrogen-bond acceptors (Lipinski definition) is 2. The van der Waals surface area contributed by atoms with Gasteiger partial charge in [0.2, 0.25) is 0 Å². The Kier molecular flexibility index (Phi) is 3.52. The lowest BCUT2D eigenvalue weighted by molar-refractivity contribution is 0.618. The monoisotopic (exact) mass is 334 g/mol. The minimum Gasteiger partial charge on any atom is -0.378 e. The first kappa shape index (κ1) is 13.6. The maximum atomic E-state index is 13.7. The van der Waals surface area contributed by atoms with Crippen molar-refractivity contribution in [1.29, 1.82) is 0 Å². The molecule has 1 aliphatic rings. The quantitative estimate of drug-likeness (QED) is 0.851. The average molecular weight is 335 g/mol. The van der Waals surface area contributed by atoms with Crippen LogP contribution < -0.4 is 11.1 Å². The molecule has 0 heterocycles. The standard InChI is InChI=1S/C16H16BrFN2/c1-9-6-12(17)13(18)7-15(9)20-16-8-14(19)10-4-2-3-5-11(10)16/h2-7,14,16,20H,8,19H2,1H3. The van der Waals surface area contributed by atoms with Crippen molar-refractivity contribution in [2.24, 2.45) is 5.73 Å². The van der Waals surface area contributed by atoms with Crippen LogP contribution in [0.4, 0.5) is 10.1 Å². The van der Waals surface area contributed by atoms with Crippen LogP contribution in [0, 0.1) is 12.7 Å². The van der Waals surface area contributed by atoms with Crippen LogP contribution in [0.3, 0.4) is 0 Å². The van der Waals surface area contributed by atoms with E-state index >= 15 is 0 Å². The Balaban J connectivity index is 1.92. The van der Waals surface area contributed by atoms with Gasteiger partial charge in [0.1, 0.15) is 5.82 Å². The summed E-state index contributed by atoms with van der Waals surface area (Å²) < 4.78 is 14.2. The Morgan fingerprint density at radius 2 is 1.95 bits per heavy atom. The molecule has 2 aromatic carbocycles. The molecule has 0 aliphatic heterocycles. The fourth-order valence-corrected chi connectivity index (χ4v) is 3.26. The lowest BCUT2D eigenvalue weighted by atomic mass is 10.1. The minimum atomic E-state index is -0.256. The molecule has 20 heavy (non-hydrogen) atoms. The maximum absolute atomic E-state index is 13.7. The van der Waals surface area contributed by atoms with E-state index in [1.165, 1.54) is 17.2 Å². The molecule has 0 spiro atoms. The fourth-order valence-electron chi connectivity index (χ4n) is 2.80. The first-order valence-electron chi connectivity index (χ1n) is 6.63. The number of nitrogens with one attached hydrogen (secondary N) is 1. The van der Waals surface area contributed by atoms with E-state index in [1.54, 1.807) is 6.07 Å². The van der Waals surface area contributed by atoms with Crippen molar-refractivity contribution < 1.29 is 4.39 Å². The van der Waals surface area contributed by atoms with Crippen LogP contribution in [0.15, 0.2) is 40.9 Å². The Hall–Kier alpha value is -1.39. The Bertz CT molecular complexity index is 657. The number of aryl methyl sites for hydroxylation is 1. The van der Waals surface area contributed by atoms with Gasteiger partial charge in [-0.15, -0.1) is 0 Å². The number of halogens is 2. The second kappa shape index (κ2) is 5.19. The second-order valence-electron chi connectivity index (χ2n) is 5.25. The summed E-state index contributed by atoms with van der Waals surface area (Å²) in [5.41, 5.74) is 10.4. The van der Waals surface area contributed by atoms with Crippen molar-refractivity contribution in [3.8, 4) is 0 Å². The van der Waals surface area contributed by atoms with Crippen molar-refractivity contribution >= 4 is 21.6 Å². The van der Waals surface area contributed by atoms with Crippen molar-refractivity contribution in [2.45, 2.75) is 25.4 Å². The van der Waals surface area contributed by atoms with Gasteiger partial charge in [-0.2, -0.15) is 0 Å². The molecule has 3 N–H and O–H groups in total. The van der Waals surface area contributed by atoms with E-state index < -0.39 is 0 Å². The molecular weight excluding hydrogens is 319 g/mol. The molecule has 4 heteroatoms. The number of fused-ring (bicyclic) bond motifs is 1. The van der Waals surface area contributed by atoms with E-state index in [-0.39, 0.29) is 17.9 Å². The van der Waals surface area contributed by atoms with Gasteiger partial charge in [-0.3, -0.25) is 0 Å². The molecular formula is C16H16BrFN2. The number of rotatable bonds is 2. The molecule has 0 amide bonds. The molecule has 0 bridgehead atoms. The highest BCUT2D eigenvalue weighted by Crippen LogP contribution is 2.39. The van der Waals surface area contributed by atoms with E-state index in [0.717, 1.165) is 17.7 Å². The van der Waals surface area contributed by atoms with Gasteiger partial charge < -0.3 is 11.1 Å². The van der Waals surface area contributed by atoms with Gasteiger partial charge in [-0.1, -0.05) is 24.3 Å². The summed E-state index contributed by atoms with van der Waals surface area (Å²) in [6.07, 6.45) is 0.830. The molecule has 1 aliphatic carbocycles. The van der Waals surface area contributed by atoms with Crippen LogP contribution >= 0.6 is 15.9 Å². The predicted molar refractivity (Wildman–Crippen MR) is 83.2 cm³/mol. The van der Waals surface area contributed by atoms with Gasteiger partial charge in [0, 0.05) is 11.7 Å². The predicted octanol–water partition coefficient (Wildman–Crippen LogP) is 4.45. The van der Waals surface area contributed by atoms with Gasteiger partial charge in [0.25, 0.3) is 0 Å². The van der Waals surface area contributed by atoms with Crippen molar-refractivity contribution in [3.05, 3.63) is 63.4 Å². The third-order valence-corrected chi connectivity index (χ3v) is 4.47. The summed E-state index contributed by atoms with van der Waals surface area (Å²) in [6, 6.07) is 11.7. The molecule has 2 unspecified atom stereocenters. The van der Waals surface area contributed by atoms with E-state index in [4.69, 9.17) is 5.73 Å². The second-order valence-corrected chi connectivity index (χ2v) is 6.10. The van der Waals surface area contributed by atoms with Crippen LogP contribution in [0.25, 0.3) is 0 Å². The summed E-state index contributed by atoms with van der Waals surface area (Å²) >= 11 is 3.21. The van der Waals surface area contributed by atoms with Gasteiger partial charge in [0.05, 0.1) is 10.5 Å². The van der Waals surface area contributed by atoms with E-state index in [0.29, 0.717) is 4.47 Å². The molecule has 2 aromatic rings. The molecule has 0 saturated carbocycles. The minimum absolute atomic E-state index is 0.0456. The lowest BCUT2D eigenvalue weighted by Crippen LogP contribution is -2.11. The normalized spacial score (nSPS) is 20.8. The summed E-state index contributed by atoms with van der Waals surface area (Å²) in [5.74, 6) is -0.256. The highest BCUT2D eigenvalue weighted by molar-refractivity contribution is 9.10. The molecule has 0 radical (unpaired) electrons. The smallest absolute Gasteiger partial charge is 0.139 e. The zero-order chi connectivity index (χ0) is 14.3. The molecule has 0 fully saturated rings. The van der Waals surface area contributed by atoms with Crippen molar-refractivity contribution in [3.63, 3.8) is 0 Å². The number of nitrogens with two attached hydrogens (primary N) is 1. The number of hydrogen-bond donors (Lipinski definition) is 2. The topological polar surface area (TPSA) is 38.0 Å². The van der Waals surface area contributed by atoms with Gasteiger partial charge in [0.15, 0.2) is 0 Å². The third kappa shape index (κ3) is 2.34. The van der Waals surface area contributed by atoms with Gasteiger partial charge >= 0.3 is 0 Å². The van der Waals surface area contributed by atoms with Gasteiger partial charge in [-0.25, -0.2) is 4.39 Å². The van der Waals surface area contributed by atoms with Gasteiger partial charge in [-0.05, 0) is 58.1 Å². The van der Waals surface area contributed by atoms with Crippen LogP contribution in [0.2, 0.25) is 0 Å². The molecule has 0 saturated heterocycles. The van der Waals surface area contributed by atoms with E-state index in [9.17, 15) is 4.39 Å². The van der Waals surface area contributed by atoms with Crippen molar-refractivity contribution in [1.82, 2.24) is 0 Å². The largest absolute Gasteiger partial charge is 0.378 e. The summed E-state index contributed by atoms with van der Waals surface area (Å²) in [6.45, 7) is 1.97. The maximum Gasteiger partial charge on any atom is 0.139 e. The highest BCUT2D eigenvalue weighted by atomic mass is 79.9. The first-order chi connectivity index (χ1) is 9.56. The highest BCUT2D eigenvalue weighted by Gasteiger charge is 2.28. The molecule has 0 aromatic heterocycles. The van der Waals surface area contributed by atoms with Crippen LogP contribution in [-0.4, -0.2) is 0 Å². The molecule has 104 valence electrons. The Morgan fingerprint density at radius 3 is 2.70 bits per heavy atom. The number of benzene rings is 2. The molecule has 3 rings (SSSR count). The van der Waals surface area contributed by atoms with Crippen molar-refractivity contribution in [2.75, 3.05) is 5.32 Å². The van der Waals surface area contributed by atoms with Crippen LogP contribution in [0.1, 0.15) is 35.2 Å². The number of anilines is 1. The van der Waals surface area contributed by atoms with E-state index in [2.05, 4.69) is 33.4 Å². The summed E-state index contributed by atoms with van der Waals surface area (Å²) in [4.78, 5) is 0. The Morgan fingerprint density at radius 1 is 1.25 bits per heavy atom. The van der Waals surface area contributed by atoms with Crippen LogP contribution in [0.5, 0.6) is 0 Å². The molecule has 2 nitrogen and oxygen atoms in total. The van der Waals surface area contributed by atoms with Crippen LogP contribution in [-0.2, 0) is 0 Å². The SMILES string of the molecule is Cc1cc(Br)c(F)cc1NC1CC(N)c2ccccc21. The average Bonchev–Trinajstić information content (AvgIpc) is 2.74. The third-order valence-electron chi connectivity index (χ3n) is 3.86. The summed E-state index contributed by atoms with van der Waals surface area (Å²) in [7, 11) is 0. The zero-order valence-electron chi connectivity index (χ0n) is 11.2. The molecule has 2 atom stereocenters. The Labute approximate surface area is 126 Å². The fraction of sp³-hybridized carbons (Fsp3) is 0.250. The zero-order valence-corrected chi connectivity index (χ0v) is 12.7. The lowest BCUT2D eigenvalue weighted by Gasteiger charge is -2.18.